The van der Waals surface area contributed by atoms with Gasteiger partial charge in [0.05, 0.1) is 18.6 Å². The highest BCUT2D eigenvalue weighted by Gasteiger charge is 2.20. The van der Waals surface area contributed by atoms with Crippen molar-refractivity contribution in [2.45, 2.75) is 11.8 Å². The van der Waals surface area contributed by atoms with Gasteiger partial charge in [-0.1, -0.05) is 18.2 Å². The van der Waals surface area contributed by atoms with Crippen LogP contribution in [-0.2, 0) is 14.8 Å². The number of ether oxygens (including phenoxy) is 1. The van der Waals surface area contributed by atoms with Crippen molar-refractivity contribution < 1.29 is 17.9 Å². The number of sulfonamides is 1. The number of nitrogens with zero attached hydrogens (tertiary/aromatic N) is 1. The van der Waals surface area contributed by atoms with E-state index in [1.165, 1.54) is 0 Å². The van der Waals surface area contributed by atoms with Crippen molar-refractivity contribution in [3.05, 3.63) is 54.6 Å². The second-order valence-electron chi connectivity index (χ2n) is 5.71. The number of anilines is 1. The van der Waals surface area contributed by atoms with Crippen LogP contribution in [0.1, 0.15) is 6.92 Å². The molecule has 0 unspecified atom stereocenters. The molecule has 1 amide bonds. The van der Waals surface area contributed by atoms with Crippen LogP contribution >= 0.6 is 11.8 Å². The first-order valence-electron chi connectivity index (χ1n) is 8.55. The molecule has 0 aliphatic heterocycles. The van der Waals surface area contributed by atoms with Gasteiger partial charge in [0.15, 0.2) is 0 Å². The van der Waals surface area contributed by atoms with E-state index >= 15 is 0 Å². The average molecular weight is 409 g/mol. The van der Waals surface area contributed by atoms with E-state index in [9.17, 15) is 13.2 Å². The zero-order valence-electron chi connectivity index (χ0n) is 15.4. The molecule has 0 saturated carbocycles. The van der Waals surface area contributed by atoms with Gasteiger partial charge in [-0.25, -0.2) is 8.42 Å². The van der Waals surface area contributed by atoms with Crippen molar-refractivity contribution in [2.24, 2.45) is 0 Å². The predicted molar refractivity (Wildman–Crippen MR) is 110 cm³/mol. The second kappa shape index (κ2) is 10.2. The number of rotatable bonds is 10. The maximum Gasteiger partial charge on any atom is 0.240 e. The number of benzene rings is 2. The fourth-order valence-corrected chi connectivity index (χ4v) is 3.98. The smallest absolute Gasteiger partial charge is 0.240 e. The SMILES string of the molecule is CCOc1ccc(N(CC(=O)NCCSc2ccccc2)S(C)(=O)=O)cc1. The van der Waals surface area contributed by atoms with Crippen LogP contribution in [0.15, 0.2) is 59.5 Å². The minimum atomic E-state index is -3.59. The highest BCUT2D eigenvalue weighted by Crippen LogP contribution is 2.21. The minimum absolute atomic E-state index is 0.261. The van der Waals surface area contributed by atoms with E-state index in [0.29, 0.717) is 30.3 Å². The molecule has 0 heterocycles. The molecular weight excluding hydrogens is 384 g/mol. The molecule has 0 saturated heterocycles. The van der Waals surface area contributed by atoms with Crippen LogP contribution in [0.3, 0.4) is 0 Å². The third kappa shape index (κ3) is 7.15. The fraction of sp³-hybridized carbons (Fsp3) is 0.316. The van der Waals surface area contributed by atoms with Gasteiger partial charge in [-0.2, -0.15) is 0 Å². The molecule has 6 nitrogen and oxygen atoms in total. The Labute approximate surface area is 165 Å². The summed E-state index contributed by atoms with van der Waals surface area (Å²) in [4.78, 5) is 13.3. The molecular formula is C19H24N2O4S2. The highest BCUT2D eigenvalue weighted by molar-refractivity contribution is 7.99. The molecule has 0 radical (unpaired) electrons. The molecule has 0 fully saturated rings. The molecule has 0 spiro atoms. The van der Waals surface area contributed by atoms with Gasteiger partial charge < -0.3 is 10.1 Å². The molecule has 0 bridgehead atoms. The Bertz CT molecular complexity index is 825. The summed E-state index contributed by atoms with van der Waals surface area (Å²) in [5.41, 5.74) is 0.426. The normalized spacial score (nSPS) is 11.0. The minimum Gasteiger partial charge on any atom is -0.494 e. The lowest BCUT2D eigenvalue weighted by atomic mass is 10.3. The molecule has 0 aromatic heterocycles. The predicted octanol–water partition coefficient (Wildman–Crippen LogP) is 2.76. The van der Waals surface area contributed by atoms with Gasteiger partial charge in [0, 0.05) is 17.2 Å². The third-order valence-electron chi connectivity index (χ3n) is 3.56. The molecule has 2 aromatic rings. The van der Waals surface area contributed by atoms with E-state index in [2.05, 4.69) is 5.32 Å². The van der Waals surface area contributed by atoms with E-state index in [1.807, 2.05) is 37.3 Å². The number of hydrogen-bond acceptors (Lipinski definition) is 5. The van der Waals surface area contributed by atoms with Crippen molar-refractivity contribution in [1.29, 1.82) is 0 Å². The molecule has 2 aromatic carbocycles. The first-order chi connectivity index (χ1) is 12.9. The van der Waals surface area contributed by atoms with Gasteiger partial charge >= 0.3 is 0 Å². The van der Waals surface area contributed by atoms with Gasteiger partial charge in [-0.3, -0.25) is 9.10 Å². The topological polar surface area (TPSA) is 75.7 Å². The van der Waals surface area contributed by atoms with Gasteiger partial charge in [-0.15, -0.1) is 11.8 Å². The molecule has 0 atom stereocenters. The lowest BCUT2D eigenvalue weighted by Crippen LogP contribution is -2.41. The van der Waals surface area contributed by atoms with Crippen LogP contribution in [0.25, 0.3) is 0 Å². The average Bonchev–Trinajstić information content (AvgIpc) is 2.64. The Morgan fingerprint density at radius 1 is 1.11 bits per heavy atom. The number of thioether (sulfide) groups is 1. The van der Waals surface area contributed by atoms with Crippen molar-refractivity contribution in [3.8, 4) is 5.75 Å². The van der Waals surface area contributed by atoms with Crippen LogP contribution in [0.5, 0.6) is 5.75 Å². The van der Waals surface area contributed by atoms with E-state index in [-0.39, 0.29) is 12.5 Å². The van der Waals surface area contributed by atoms with Crippen molar-refractivity contribution in [1.82, 2.24) is 5.32 Å². The molecule has 8 heteroatoms. The number of hydrogen-bond donors (Lipinski definition) is 1. The molecule has 0 aliphatic carbocycles. The van der Waals surface area contributed by atoms with Crippen molar-refractivity contribution in [3.63, 3.8) is 0 Å². The van der Waals surface area contributed by atoms with E-state index < -0.39 is 10.0 Å². The van der Waals surface area contributed by atoms with Gasteiger partial charge in [-0.05, 0) is 43.3 Å². The van der Waals surface area contributed by atoms with Crippen LogP contribution in [0.2, 0.25) is 0 Å². The number of nitrogens with one attached hydrogen (secondary N) is 1. The molecule has 0 aliphatic rings. The van der Waals surface area contributed by atoms with E-state index in [0.717, 1.165) is 15.5 Å². The van der Waals surface area contributed by atoms with Gasteiger partial charge in [0.2, 0.25) is 15.9 Å². The summed E-state index contributed by atoms with van der Waals surface area (Å²) in [5.74, 6) is 1.01. The Morgan fingerprint density at radius 3 is 2.37 bits per heavy atom. The van der Waals surface area contributed by atoms with Gasteiger partial charge in [0.25, 0.3) is 0 Å². The Kier molecular flexibility index (Phi) is 7.99. The first kappa shape index (κ1) is 21.1. The van der Waals surface area contributed by atoms with Crippen LogP contribution in [0.4, 0.5) is 5.69 Å². The lowest BCUT2D eigenvalue weighted by Gasteiger charge is -2.22. The fourth-order valence-electron chi connectivity index (χ4n) is 2.34. The van der Waals surface area contributed by atoms with Crippen molar-refractivity contribution in [2.75, 3.05) is 36.0 Å². The summed E-state index contributed by atoms with van der Waals surface area (Å²) in [6.45, 7) is 2.60. The summed E-state index contributed by atoms with van der Waals surface area (Å²) in [6.07, 6.45) is 1.09. The van der Waals surface area contributed by atoms with Crippen LogP contribution in [-0.4, -0.2) is 46.0 Å². The van der Waals surface area contributed by atoms with Crippen LogP contribution < -0.4 is 14.4 Å². The Balaban J connectivity index is 1.90. The summed E-state index contributed by atoms with van der Waals surface area (Å²) < 4.78 is 30.7. The summed E-state index contributed by atoms with van der Waals surface area (Å²) in [7, 11) is -3.59. The standard InChI is InChI=1S/C19H24N2O4S2/c1-3-25-17-11-9-16(10-12-17)21(27(2,23)24)15-19(22)20-13-14-26-18-7-5-4-6-8-18/h4-12H,3,13-15H2,1-2H3,(H,20,22). The highest BCUT2D eigenvalue weighted by atomic mass is 32.2. The molecule has 2 rings (SSSR count). The maximum absolute atomic E-state index is 12.2. The Hall–Kier alpha value is -2.19. The first-order valence-corrected chi connectivity index (χ1v) is 11.4. The number of carbonyl (C=O) groups is 1. The third-order valence-corrected chi connectivity index (χ3v) is 5.71. The summed E-state index contributed by atoms with van der Waals surface area (Å²) >= 11 is 1.63. The second-order valence-corrected chi connectivity index (χ2v) is 8.78. The zero-order valence-corrected chi connectivity index (χ0v) is 17.1. The zero-order chi connectivity index (χ0) is 19.7. The quantitative estimate of drug-likeness (QED) is 0.483. The molecule has 146 valence electrons. The number of amides is 1. The molecule has 1 N–H and O–H groups in total. The Morgan fingerprint density at radius 2 is 1.78 bits per heavy atom. The van der Waals surface area contributed by atoms with Crippen molar-refractivity contribution >= 4 is 33.4 Å². The van der Waals surface area contributed by atoms with E-state index in [4.69, 9.17) is 4.74 Å². The van der Waals surface area contributed by atoms with E-state index in [1.54, 1.807) is 36.0 Å². The molecule has 27 heavy (non-hydrogen) atoms. The lowest BCUT2D eigenvalue weighted by molar-refractivity contribution is -0.119. The largest absolute Gasteiger partial charge is 0.494 e. The summed E-state index contributed by atoms with van der Waals surface area (Å²) in [5, 5.41) is 2.77. The summed E-state index contributed by atoms with van der Waals surface area (Å²) in [6, 6.07) is 16.5. The number of carbonyl (C=O) groups excluding carboxylic acids is 1. The van der Waals surface area contributed by atoms with Crippen LogP contribution in [0, 0.1) is 0 Å². The van der Waals surface area contributed by atoms with Gasteiger partial charge in [0.1, 0.15) is 12.3 Å². The maximum atomic E-state index is 12.2. The monoisotopic (exact) mass is 408 g/mol.